The van der Waals surface area contributed by atoms with Crippen LogP contribution in [0.15, 0.2) is 40.6 Å². The number of nitrogens with one attached hydrogen (secondary N) is 1. The quantitative estimate of drug-likeness (QED) is 0.617. The third-order valence-electron chi connectivity index (χ3n) is 6.24. The molecule has 8 heteroatoms. The average molecular weight is 449 g/mol. The lowest BCUT2D eigenvalue weighted by Gasteiger charge is -2.24. The van der Waals surface area contributed by atoms with Gasteiger partial charge in [0.15, 0.2) is 0 Å². The summed E-state index contributed by atoms with van der Waals surface area (Å²) in [6.45, 7) is 6.04. The van der Waals surface area contributed by atoms with E-state index in [1.807, 2.05) is 19.1 Å². The zero-order chi connectivity index (χ0) is 23.5. The van der Waals surface area contributed by atoms with Crippen molar-refractivity contribution in [3.8, 4) is 17.5 Å². The maximum atomic E-state index is 12.0. The van der Waals surface area contributed by atoms with Crippen molar-refractivity contribution < 1.29 is 19.2 Å². The summed E-state index contributed by atoms with van der Waals surface area (Å²) in [6.07, 6.45) is 5.27. The molecule has 0 amide bonds. The molecule has 3 unspecified atom stereocenters. The van der Waals surface area contributed by atoms with Crippen molar-refractivity contribution in [2.45, 2.75) is 39.7 Å². The minimum Gasteiger partial charge on any atom is -0.429 e. The number of ether oxygens (including phenoxy) is 1. The Morgan fingerprint density at radius 3 is 2.94 bits per heavy atom. The van der Waals surface area contributed by atoms with E-state index in [0.29, 0.717) is 24.0 Å². The number of nitrogens with zero attached hydrogens (tertiary/aromatic N) is 3. The summed E-state index contributed by atoms with van der Waals surface area (Å²) in [7, 11) is 0. The molecule has 4 rings (SSSR count). The molecule has 172 valence electrons. The maximum absolute atomic E-state index is 12.0. The number of fused-ring (bicyclic) bond motifs is 1. The Morgan fingerprint density at radius 1 is 1.39 bits per heavy atom. The minimum atomic E-state index is -0.623. The zero-order valence-corrected chi connectivity index (χ0v) is 19.0. The van der Waals surface area contributed by atoms with E-state index >= 15 is 0 Å². The standard InChI is InChI=1S/C25H28N4O4/c1-14(2)25(31)32-22-10-8-16(15(3)20(22)13-26)24-28-23(29-33-24)19-6-4-5-18-17(19)7-9-21(18)27-11-12-30/h4-6,8,10,14-15,20-21,27,30H,7,9,11-12H2,1-3H3. The highest BCUT2D eigenvalue weighted by molar-refractivity contribution is 5.74. The van der Waals surface area contributed by atoms with Gasteiger partial charge in [-0.15, -0.1) is 0 Å². The van der Waals surface area contributed by atoms with Crippen molar-refractivity contribution in [1.82, 2.24) is 15.5 Å². The molecule has 2 aliphatic carbocycles. The molecule has 0 fully saturated rings. The summed E-state index contributed by atoms with van der Waals surface area (Å²) in [6, 6.07) is 8.51. The number of rotatable bonds is 7. The maximum Gasteiger partial charge on any atom is 0.313 e. The number of aliphatic hydroxyl groups is 1. The number of nitriles is 1. The highest BCUT2D eigenvalue weighted by Gasteiger charge is 2.34. The Labute approximate surface area is 192 Å². The topological polar surface area (TPSA) is 121 Å². The number of hydrogen-bond acceptors (Lipinski definition) is 8. The summed E-state index contributed by atoms with van der Waals surface area (Å²) < 4.78 is 11.0. The first kappa shape index (κ1) is 22.9. The van der Waals surface area contributed by atoms with Crippen LogP contribution in [-0.2, 0) is 16.0 Å². The van der Waals surface area contributed by atoms with Gasteiger partial charge < -0.3 is 19.7 Å². The smallest absolute Gasteiger partial charge is 0.313 e. The van der Waals surface area contributed by atoms with Crippen LogP contribution in [0.3, 0.4) is 0 Å². The number of benzene rings is 1. The molecule has 2 N–H and O–H groups in total. The first-order valence-corrected chi connectivity index (χ1v) is 11.3. The van der Waals surface area contributed by atoms with Crippen LogP contribution in [0, 0.1) is 29.1 Å². The third-order valence-corrected chi connectivity index (χ3v) is 6.24. The molecular weight excluding hydrogens is 420 g/mol. The van der Waals surface area contributed by atoms with Gasteiger partial charge in [0.2, 0.25) is 5.82 Å². The second kappa shape index (κ2) is 9.69. The van der Waals surface area contributed by atoms with E-state index < -0.39 is 5.92 Å². The molecule has 1 heterocycles. The largest absolute Gasteiger partial charge is 0.429 e. The Balaban J connectivity index is 1.61. The van der Waals surface area contributed by atoms with Gasteiger partial charge in [0, 0.05) is 29.6 Å². The molecule has 0 aliphatic heterocycles. The van der Waals surface area contributed by atoms with Crippen molar-refractivity contribution in [3.05, 3.63) is 53.1 Å². The monoisotopic (exact) mass is 448 g/mol. The lowest BCUT2D eigenvalue weighted by atomic mass is 9.83. The van der Waals surface area contributed by atoms with E-state index in [1.54, 1.807) is 26.0 Å². The van der Waals surface area contributed by atoms with Crippen LogP contribution in [0.1, 0.15) is 50.3 Å². The number of esters is 1. The van der Waals surface area contributed by atoms with Gasteiger partial charge in [0.1, 0.15) is 11.7 Å². The summed E-state index contributed by atoms with van der Waals surface area (Å²) in [5, 5.41) is 26.4. The molecule has 0 saturated carbocycles. The predicted molar refractivity (Wildman–Crippen MR) is 121 cm³/mol. The van der Waals surface area contributed by atoms with Gasteiger partial charge in [-0.1, -0.05) is 44.1 Å². The molecule has 33 heavy (non-hydrogen) atoms. The van der Waals surface area contributed by atoms with E-state index in [1.165, 1.54) is 11.1 Å². The molecule has 1 aromatic heterocycles. The zero-order valence-electron chi connectivity index (χ0n) is 19.0. The van der Waals surface area contributed by atoms with Gasteiger partial charge in [0.05, 0.1) is 18.6 Å². The molecule has 0 saturated heterocycles. The number of hydrogen-bond donors (Lipinski definition) is 2. The third kappa shape index (κ3) is 4.47. The fourth-order valence-corrected chi connectivity index (χ4v) is 4.39. The number of aliphatic hydroxyl groups excluding tert-OH is 1. The van der Waals surface area contributed by atoms with E-state index in [0.717, 1.165) is 24.0 Å². The first-order chi connectivity index (χ1) is 15.9. The molecular formula is C25H28N4O4. The molecule has 2 aromatic rings. The van der Waals surface area contributed by atoms with E-state index in [-0.39, 0.29) is 30.5 Å². The lowest BCUT2D eigenvalue weighted by Crippen LogP contribution is -2.22. The summed E-state index contributed by atoms with van der Waals surface area (Å²) >= 11 is 0. The van der Waals surface area contributed by atoms with Crippen LogP contribution in [-0.4, -0.2) is 34.4 Å². The van der Waals surface area contributed by atoms with E-state index in [9.17, 15) is 10.1 Å². The second-order valence-electron chi connectivity index (χ2n) is 8.73. The highest BCUT2D eigenvalue weighted by Crippen LogP contribution is 2.39. The van der Waals surface area contributed by atoms with Crippen LogP contribution < -0.4 is 5.32 Å². The van der Waals surface area contributed by atoms with Crippen LogP contribution in [0.4, 0.5) is 0 Å². The molecule has 0 bridgehead atoms. The SMILES string of the molecule is CC(C)C(=O)OC1=CC=C(c2nc(-c3cccc4c3CCC4NCCO)no2)C(C)C1C#N. The Bertz CT molecular complexity index is 1140. The number of allylic oxidation sites excluding steroid dienone is 4. The second-order valence-corrected chi connectivity index (χ2v) is 8.73. The first-order valence-electron chi connectivity index (χ1n) is 11.3. The van der Waals surface area contributed by atoms with Crippen LogP contribution in [0.25, 0.3) is 17.0 Å². The minimum absolute atomic E-state index is 0.101. The fraction of sp³-hybridized carbons (Fsp3) is 0.440. The number of aromatic nitrogens is 2. The van der Waals surface area contributed by atoms with Crippen LogP contribution in [0.5, 0.6) is 0 Å². The summed E-state index contributed by atoms with van der Waals surface area (Å²) in [4.78, 5) is 16.7. The van der Waals surface area contributed by atoms with Crippen molar-refractivity contribution in [2.75, 3.05) is 13.2 Å². The van der Waals surface area contributed by atoms with Crippen molar-refractivity contribution in [3.63, 3.8) is 0 Å². The van der Waals surface area contributed by atoms with Gasteiger partial charge in [-0.25, -0.2) is 0 Å². The van der Waals surface area contributed by atoms with Crippen molar-refractivity contribution in [1.29, 1.82) is 5.26 Å². The Morgan fingerprint density at radius 2 is 2.21 bits per heavy atom. The molecule has 3 atom stereocenters. The van der Waals surface area contributed by atoms with Crippen LogP contribution >= 0.6 is 0 Å². The number of carbonyl (C=O) groups is 1. The molecule has 0 radical (unpaired) electrons. The van der Waals surface area contributed by atoms with E-state index in [4.69, 9.17) is 14.4 Å². The van der Waals surface area contributed by atoms with Gasteiger partial charge in [-0.3, -0.25) is 4.79 Å². The Kier molecular flexibility index (Phi) is 6.72. The van der Waals surface area contributed by atoms with Gasteiger partial charge in [0.25, 0.3) is 5.89 Å². The summed E-state index contributed by atoms with van der Waals surface area (Å²) in [5.74, 6) is -0.347. The fourth-order valence-electron chi connectivity index (χ4n) is 4.39. The predicted octanol–water partition coefficient (Wildman–Crippen LogP) is 3.56. The molecule has 0 spiro atoms. The lowest BCUT2D eigenvalue weighted by molar-refractivity contribution is -0.143. The van der Waals surface area contributed by atoms with Crippen molar-refractivity contribution >= 4 is 11.5 Å². The molecule has 8 nitrogen and oxygen atoms in total. The average Bonchev–Trinajstić information content (AvgIpc) is 3.45. The highest BCUT2D eigenvalue weighted by atomic mass is 16.5. The van der Waals surface area contributed by atoms with Gasteiger partial charge >= 0.3 is 5.97 Å². The number of carbonyl (C=O) groups excluding carboxylic acids is 1. The van der Waals surface area contributed by atoms with Crippen LogP contribution in [0.2, 0.25) is 0 Å². The van der Waals surface area contributed by atoms with Gasteiger partial charge in [-0.2, -0.15) is 10.2 Å². The van der Waals surface area contributed by atoms with Gasteiger partial charge in [-0.05, 0) is 36.1 Å². The molecule has 2 aliphatic rings. The molecule has 1 aromatic carbocycles. The Hall–Kier alpha value is -3.28. The summed E-state index contributed by atoms with van der Waals surface area (Å²) in [5.41, 5.74) is 4.05. The van der Waals surface area contributed by atoms with Crippen molar-refractivity contribution in [2.24, 2.45) is 17.8 Å². The van der Waals surface area contributed by atoms with E-state index in [2.05, 4.69) is 27.6 Å². The normalized spacial score (nSPS) is 21.9.